The molecule has 0 spiro atoms. The topological polar surface area (TPSA) is 48.9 Å². The third-order valence-electron chi connectivity index (χ3n) is 5.88. The molecule has 0 radical (unpaired) electrons. The first-order chi connectivity index (χ1) is 12.7. The summed E-state index contributed by atoms with van der Waals surface area (Å²) in [6.45, 7) is 8.14. The number of likely N-dealkylation sites (tertiary alicyclic amines) is 1. The number of para-hydroxylation sites is 1. The lowest BCUT2D eigenvalue weighted by Crippen LogP contribution is -2.45. The van der Waals surface area contributed by atoms with Crippen molar-refractivity contribution in [3.63, 3.8) is 0 Å². The summed E-state index contributed by atoms with van der Waals surface area (Å²) >= 11 is 0. The van der Waals surface area contributed by atoms with Crippen LogP contribution < -0.4 is 15.4 Å². The fourth-order valence-electron chi connectivity index (χ4n) is 4.40. The molecule has 1 aromatic carbocycles. The highest BCUT2D eigenvalue weighted by Gasteiger charge is 2.38. The molecule has 2 fully saturated rings. The van der Waals surface area contributed by atoms with Gasteiger partial charge in [-0.15, -0.1) is 24.0 Å². The second-order valence-electron chi connectivity index (χ2n) is 7.95. The fourth-order valence-corrected chi connectivity index (χ4v) is 4.40. The SMILES string of the molecule is CCNC(=NCC1CCOc2ccccc21)NC1CC(C)N(C2CC2)C1.I. The molecular formula is C21H33IN4O. The van der Waals surface area contributed by atoms with E-state index < -0.39 is 0 Å². The molecule has 2 N–H and O–H groups in total. The van der Waals surface area contributed by atoms with E-state index in [1.165, 1.54) is 24.8 Å². The monoisotopic (exact) mass is 484 g/mol. The Balaban J connectivity index is 0.00000210. The predicted molar refractivity (Wildman–Crippen MR) is 121 cm³/mol. The molecular weight excluding hydrogens is 451 g/mol. The van der Waals surface area contributed by atoms with E-state index in [-0.39, 0.29) is 24.0 Å². The minimum absolute atomic E-state index is 0. The van der Waals surface area contributed by atoms with Crippen LogP contribution in [0, 0.1) is 0 Å². The van der Waals surface area contributed by atoms with Crippen molar-refractivity contribution in [2.45, 2.75) is 63.6 Å². The molecule has 1 saturated heterocycles. The molecule has 3 atom stereocenters. The number of nitrogens with zero attached hydrogens (tertiary/aromatic N) is 2. The molecule has 150 valence electrons. The zero-order valence-electron chi connectivity index (χ0n) is 16.5. The number of nitrogens with one attached hydrogen (secondary N) is 2. The maximum atomic E-state index is 5.78. The summed E-state index contributed by atoms with van der Waals surface area (Å²) in [4.78, 5) is 7.61. The zero-order chi connectivity index (χ0) is 17.9. The van der Waals surface area contributed by atoms with Crippen molar-refractivity contribution in [1.82, 2.24) is 15.5 Å². The van der Waals surface area contributed by atoms with Crippen LogP contribution in [-0.2, 0) is 0 Å². The van der Waals surface area contributed by atoms with Gasteiger partial charge in [-0.25, -0.2) is 0 Å². The number of hydrogen-bond donors (Lipinski definition) is 2. The van der Waals surface area contributed by atoms with Gasteiger partial charge >= 0.3 is 0 Å². The van der Waals surface area contributed by atoms with Crippen LogP contribution in [0.5, 0.6) is 5.75 Å². The predicted octanol–water partition coefficient (Wildman–Crippen LogP) is 3.35. The molecule has 0 amide bonds. The Kier molecular flexibility index (Phi) is 7.25. The van der Waals surface area contributed by atoms with Gasteiger partial charge in [0.15, 0.2) is 5.96 Å². The summed E-state index contributed by atoms with van der Waals surface area (Å²) in [5, 5.41) is 7.13. The number of fused-ring (bicyclic) bond motifs is 1. The van der Waals surface area contributed by atoms with Crippen LogP contribution in [0.4, 0.5) is 0 Å². The molecule has 2 heterocycles. The molecule has 3 aliphatic rings. The van der Waals surface area contributed by atoms with Crippen LogP contribution in [0.15, 0.2) is 29.3 Å². The minimum Gasteiger partial charge on any atom is -0.493 e. The molecule has 1 saturated carbocycles. The highest BCUT2D eigenvalue weighted by Crippen LogP contribution is 2.34. The molecule has 1 aromatic rings. The Morgan fingerprint density at radius 1 is 1.26 bits per heavy atom. The second kappa shape index (κ2) is 9.45. The zero-order valence-corrected chi connectivity index (χ0v) is 18.8. The lowest BCUT2D eigenvalue weighted by atomic mass is 9.93. The molecule has 1 aliphatic carbocycles. The van der Waals surface area contributed by atoms with Crippen LogP contribution in [0.25, 0.3) is 0 Å². The molecule has 5 nitrogen and oxygen atoms in total. The van der Waals surface area contributed by atoms with Gasteiger partial charge in [-0.2, -0.15) is 0 Å². The van der Waals surface area contributed by atoms with Crippen molar-refractivity contribution in [2.75, 3.05) is 26.2 Å². The van der Waals surface area contributed by atoms with E-state index >= 15 is 0 Å². The Labute approximate surface area is 180 Å². The first-order valence-corrected chi connectivity index (χ1v) is 10.3. The van der Waals surface area contributed by atoms with E-state index in [2.05, 4.69) is 47.6 Å². The second-order valence-corrected chi connectivity index (χ2v) is 7.95. The number of rotatable bonds is 5. The molecule has 2 aliphatic heterocycles. The van der Waals surface area contributed by atoms with Crippen molar-refractivity contribution in [3.8, 4) is 5.75 Å². The number of guanidine groups is 1. The van der Waals surface area contributed by atoms with Gasteiger partial charge in [-0.1, -0.05) is 18.2 Å². The van der Waals surface area contributed by atoms with Crippen LogP contribution in [-0.4, -0.2) is 55.2 Å². The van der Waals surface area contributed by atoms with Gasteiger partial charge in [0.1, 0.15) is 5.75 Å². The van der Waals surface area contributed by atoms with Crippen molar-refractivity contribution >= 4 is 29.9 Å². The number of halogens is 1. The van der Waals surface area contributed by atoms with E-state index in [9.17, 15) is 0 Å². The lowest BCUT2D eigenvalue weighted by Gasteiger charge is -2.25. The Hall–Kier alpha value is -1.02. The summed E-state index contributed by atoms with van der Waals surface area (Å²) in [6, 6.07) is 10.4. The first kappa shape index (κ1) is 20.7. The summed E-state index contributed by atoms with van der Waals surface area (Å²) in [5.74, 6) is 2.44. The van der Waals surface area contributed by atoms with E-state index in [4.69, 9.17) is 9.73 Å². The average Bonchev–Trinajstić information content (AvgIpc) is 3.43. The molecule has 27 heavy (non-hydrogen) atoms. The molecule has 6 heteroatoms. The minimum atomic E-state index is 0. The van der Waals surface area contributed by atoms with Crippen molar-refractivity contribution in [3.05, 3.63) is 29.8 Å². The van der Waals surface area contributed by atoms with Gasteiger partial charge in [-0.05, 0) is 51.2 Å². The van der Waals surface area contributed by atoms with Crippen LogP contribution in [0.1, 0.15) is 51.0 Å². The largest absolute Gasteiger partial charge is 0.493 e. The van der Waals surface area contributed by atoms with E-state index in [1.807, 2.05) is 6.07 Å². The average molecular weight is 484 g/mol. The van der Waals surface area contributed by atoms with Crippen molar-refractivity contribution in [2.24, 2.45) is 4.99 Å². The number of aliphatic imine (C=N–C) groups is 1. The van der Waals surface area contributed by atoms with E-state index in [0.29, 0.717) is 18.0 Å². The smallest absolute Gasteiger partial charge is 0.191 e. The van der Waals surface area contributed by atoms with Gasteiger partial charge in [-0.3, -0.25) is 9.89 Å². The van der Waals surface area contributed by atoms with Gasteiger partial charge in [0.25, 0.3) is 0 Å². The highest BCUT2D eigenvalue weighted by atomic mass is 127. The molecule has 0 aromatic heterocycles. The third kappa shape index (κ3) is 5.08. The summed E-state index contributed by atoms with van der Waals surface area (Å²) in [6.07, 6.45) is 5.01. The Morgan fingerprint density at radius 3 is 2.85 bits per heavy atom. The van der Waals surface area contributed by atoms with Gasteiger partial charge in [0, 0.05) is 43.7 Å². The van der Waals surface area contributed by atoms with Crippen LogP contribution in [0.2, 0.25) is 0 Å². The van der Waals surface area contributed by atoms with Gasteiger partial charge in [0.05, 0.1) is 6.61 Å². The lowest BCUT2D eigenvalue weighted by molar-refractivity contribution is 0.256. The number of hydrogen-bond acceptors (Lipinski definition) is 3. The summed E-state index contributed by atoms with van der Waals surface area (Å²) in [7, 11) is 0. The maximum absolute atomic E-state index is 5.78. The Bertz CT molecular complexity index is 649. The highest BCUT2D eigenvalue weighted by molar-refractivity contribution is 14.0. The number of ether oxygens (including phenoxy) is 1. The standard InChI is InChI=1S/C21H32N4O.HI/c1-3-22-21(24-17-12-15(2)25(14-17)18-8-9-18)23-13-16-10-11-26-20-7-5-4-6-19(16)20;/h4-7,15-18H,3,8-14H2,1-2H3,(H2,22,23,24);1H. The van der Waals surface area contributed by atoms with Crippen molar-refractivity contribution < 1.29 is 4.74 Å². The van der Waals surface area contributed by atoms with Crippen molar-refractivity contribution in [1.29, 1.82) is 0 Å². The fraction of sp³-hybridized carbons (Fsp3) is 0.667. The number of benzene rings is 1. The third-order valence-corrected chi connectivity index (χ3v) is 5.88. The van der Waals surface area contributed by atoms with Gasteiger partial charge < -0.3 is 15.4 Å². The quantitative estimate of drug-likeness (QED) is 0.383. The van der Waals surface area contributed by atoms with Gasteiger partial charge in [0.2, 0.25) is 0 Å². The van der Waals surface area contributed by atoms with Crippen LogP contribution >= 0.6 is 24.0 Å². The normalized spacial score (nSPS) is 28.1. The van der Waals surface area contributed by atoms with E-state index in [1.54, 1.807) is 0 Å². The molecule has 4 rings (SSSR count). The first-order valence-electron chi connectivity index (χ1n) is 10.3. The Morgan fingerprint density at radius 2 is 2.07 bits per heavy atom. The van der Waals surface area contributed by atoms with Crippen LogP contribution in [0.3, 0.4) is 0 Å². The summed E-state index contributed by atoms with van der Waals surface area (Å²) in [5.41, 5.74) is 1.30. The molecule has 0 bridgehead atoms. The van der Waals surface area contributed by atoms with E-state index in [0.717, 1.165) is 50.4 Å². The molecule has 3 unspecified atom stereocenters. The summed E-state index contributed by atoms with van der Waals surface area (Å²) < 4.78 is 5.78. The maximum Gasteiger partial charge on any atom is 0.191 e.